The zero-order chi connectivity index (χ0) is 15.9. The fourth-order valence-electron chi connectivity index (χ4n) is 1.93. The van der Waals surface area contributed by atoms with Gasteiger partial charge in [-0.1, -0.05) is 0 Å². The molecule has 1 heterocycles. The molecule has 0 radical (unpaired) electrons. The number of ether oxygens (including phenoxy) is 1. The number of benzene rings is 1. The Bertz CT molecular complexity index is 598. The lowest BCUT2D eigenvalue weighted by Gasteiger charge is -2.12. The minimum absolute atomic E-state index is 0.581. The predicted octanol–water partition coefficient (Wildman–Crippen LogP) is 2.51. The van der Waals surface area contributed by atoms with E-state index in [4.69, 9.17) is 4.74 Å². The topological polar surface area (TPSA) is 62.3 Å². The number of nitrogens with zero attached hydrogens (tertiary/aromatic N) is 3. The average molecular weight is 301 g/mol. The molecule has 1 aromatic carbocycles. The second-order valence-electron chi connectivity index (χ2n) is 5.30. The largest absolute Gasteiger partial charge is 0.497 e. The van der Waals surface area contributed by atoms with Crippen molar-refractivity contribution >= 4 is 17.5 Å². The van der Waals surface area contributed by atoms with E-state index < -0.39 is 0 Å². The monoisotopic (exact) mass is 301 g/mol. The Morgan fingerprint density at radius 1 is 1.14 bits per heavy atom. The van der Waals surface area contributed by atoms with Gasteiger partial charge in [0.15, 0.2) is 0 Å². The van der Waals surface area contributed by atoms with Crippen molar-refractivity contribution in [3.8, 4) is 5.75 Å². The number of rotatable bonds is 7. The summed E-state index contributed by atoms with van der Waals surface area (Å²) in [6.45, 7) is 3.74. The van der Waals surface area contributed by atoms with E-state index in [0.717, 1.165) is 36.0 Å². The molecule has 0 bridgehead atoms. The third kappa shape index (κ3) is 4.89. The molecule has 6 nitrogen and oxygen atoms in total. The molecule has 0 aliphatic rings. The molecule has 0 amide bonds. The van der Waals surface area contributed by atoms with E-state index in [-0.39, 0.29) is 0 Å². The molecule has 1 aromatic heterocycles. The summed E-state index contributed by atoms with van der Waals surface area (Å²) in [6.07, 6.45) is 0. The maximum Gasteiger partial charge on any atom is 0.229 e. The number of hydrogen-bond acceptors (Lipinski definition) is 6. The first-order chi connectivity index (χ1) is 10.6. The van der Waals surface area contributed by atoms with Gasteiger partial charge in [-0.15, -0.1) is 0 Å². The first kappa shape index (κ1) is 16.0. The van der Waals surface area contributed by atoms with Crippen LogP contribution in [0.3, 0.4) is 0 Å². The van der Waals surface area contributed by atoms with Gasteiger partial charge in [-0.3, -0.25) is 0 Å². The second-order valence-corrected chi connectivity index (χ2v) is 5.30. The highest BCUT2D eigenvalue weighted by Crippen LogP contribution is 2.19. The van der Waals surface area contributed by atoms with E-state index in [1.165, 1.54) is 0 Å². The third-order valence-electron chi connectivity index (χ3n) is 3.07. The first-order valence-electron chi connectivity index (χ1n) is 7.22. The summed E-state index contributed by atoms with van der Waals surface area (Å²) in [6, 6.07) is 9.60. The Balaban J connectivity index is 2.04. The van der Waals surface area contributed by atoms with Crippen molar-refractivity contribution in [2.45, 2.75) is 6.92 Å². The summed E-state index contributed by atoms with van der Waals surface area (Å²) in [5.41, 5.74) is 1.84. The molecule has 2 rings (SSSR count). The van der Waals surface area contributed by atoms with Crippen molar-refractivity contribution in [2.24, 2.45) is 0 Å². The normalized spacial score (nSPS) is 10.6. The Morgan fingerprint density at radius 2 is 1.86 bits per heavy atom. The summed E-state index contributed by atoms with van der Waals surface area (Å²) in [5, 5.41) is 6.52. The number of aryl methyl sites for hydroxylation is 1. The van der Waals surface area contributed by atoms with E-state index in [2.05, 4.69) is 25.5 Å². The SMILES string of the molecule is COc1ccc(Nc2nc(C)cc(NCCN(C)C)n2)cc1. The van der Waals surface area contributed by atoms with Crippen LogP contribution in [0.15, 0.2) is 30.3 Å². The highest BCUT2D eigenvalue weighted by atomic mass is 16.5. The van der Waals surface area contributed by atoms with Crippen molar-refractivity contribution in [2.75, 3.05) is 44.9 Å². The van der Waals surface area contributed by atoms with E-state index in [1.54, 1.807) is 7.11 Å². The van der Waals surface area contributed by atoms with Crippen LogP contribution in [-0.2, 0) is 0 Å². The number of hydrogen-bond donors (Lipinski definition) is 2. The zero-order valence-corrected chi connectivity index (χ0v) is 13.6. The predicted molar refractivity (Wildman–Crippen MR) is 90.1 cm³/mol. The van der Waals surface area contributed by atoms with Crippen LogP contribution in [0.2, 0.25) is 0 Å². The molecule has 0 atom stereocenters. The number of aromatic nitrogens is 2. The minimum Gasteiger partial charge on any atom is -0.497 e. The van der Waals surface area contributed by atoms with Crippen molar-refractivity contribution in [1.29, 1.82) is 0 Å². The van der Waals surface area contributed by atoms with Gasteiger partial charge in [0.05, 0.1) is 7.11 Å². The van der Waals surface area contributed by atoms with Gasteiger partial charge in [0.25, 0.3) is 0 Å². The molecule has 118 valence electrons. The van der Waals surface area contributed by atoms with Crippen molar-refractivity contribution in [3.05, 3.63) is 36.0 Å². The number of anilines is 3. The third-order valence-corrected chi connectivity index (χ3v) is 3.07. The Hall–Kier alpha value is -2.34. The molecule has 0 fully saturated rings. The molecule has 0 saturated carbocycles. The number of likely N-dealkylation sites (N-methyl/N-ethyl adjacent to an activating group) is 1. The maximum atomic E-state index is 5.15. The van der Waals surface area contributed by atoms with Crippen LogP contribution in [0, 0.1) is 6.92 Å². The molecule has 2 N–H and O–H groups in total. The molecule has 0 aliphatic heterocycles. The lowest BCUT2D eigenvalue weighted by Crippen LogP contribution is -2.21. The molecule has 0 saturated heterocycles. The maximum absolute atomic E-state index is 5.15. The number of nitrogens with one attached hydrogen (secondary N) is 2. The van der Waals surface area contributed by atoms with Crippen molar-refractivity contribution in [1.82, 2.24) is 14.9 Å². The van der Waals surface area contributed by atoms with Gasteiger partial charge in [0.2, 0.25) is 5.95 Å². The van der Waals surface area contributed by atoms with Gasteiger partial charge in [0, 0.05) is 30.5 Å². The highest BCUT2D eigenvalue weighted by Gasteiger charge is 2.03. The van der Waals surface area contributed by atoms with Gasteiger partial charge in [0.1, 0.15) is 11.6 Å². The van der Waals surface area contributed by atoms with Crippen molar-refractivity contribution < 1.29 is 4.74 Å². The van der Waals surface area contributed by atoms with Gasteiger partial charge >= 0.3 is 0 Å². The van der Waals surface area contributed by atoms with Crippen LogP contribution in [0.5, 0.6) is 5.75 Å². The van der Waals surface area contributed by atoms with Crippen LogP contribution >= 0.6 is 0 Å². The molecule has 0 unspecified atom stereocenters. The van der Waals surface area contributed by atoms with Gasteiger partial charge in [-0.05, 0) is 45.3 Å². The lowest BCUT2D eigenvalue weighted by molar-refractivity contribution is 0.415. The standard InChI is InChI=1S/C16H23N5O/c1-12-11-15(17-9-10-21(2)3)20-16(18-12)19-13-5-7-14(22-4)8-6-13/h5-8,11H,9-10H2,1-4H3,(H2,17,18,19,20). The van der Waals surface area contributed by atoms with E-state index in [1.807, 2.05) is 51.4 Å². The fourth-order valence-corrected chi connectivity index (χ4v) is 1.93. The summed E-state index contributed by atoms with van der Waals surface area (Å²) in [7, 11) is 5.74. The smallest absolute Gasteiger partial charge is 0.229 e. The Morgan fingerprint density at radius 3 is 2.50 bits per heavy atom. The van der Waals surface area contributed by atoms with Gasteiger partial charge < -0.3 is 20.3 Å². The molecule has 2 aromatic rings. The van der Waals surface area contributed by atoms with Crippen LogP contribution in [0.25, 0.3) is 0 Å². The molecular weight excluding hydrogens is 278 g/mol. The fraction of sp³-hybridized carbons (Fsp3) is 0.375. The quantitative estimate of drug-likeness (QED) is 0.819. The zero-order valence-electron chi connectivity index (χ0n) is 13.6. The molecule has 0 spiro atoms. The summed E-state index contributed by atoms with van der Waals surface area (Å²) >= 11 is 0. The van der Waals surface area contributed by atoms with Gasteiger partial charge in [-0.2, -0.15) is 4.98 Å². The molecule has 22 heavy (non-hydrogen) atoms. The average Bonchev–Trinajstić information content (AvgIpc) is 2.47. The first-order valence-corrected chi connectivity index (χ1v) is 7.22. The van der Waals surface area contributed by atoms with Gasteiger partial charge in [-0.25, -0.2) is 4.98 Å². The van der Waals surface area contributed by atoms with E-state index >= 15 is 0 Å². The number of methoxy groups -OCH3 is 1. The molecule has 0 aliphatic carbocycles. The second kappa shape index (κ2) is 7.61. The highest BCUT2D eigenvalue weighted by molar-refractivity contribution is 5.56. The Labute approximate surface area is 131 Å². The summed E-state index contributed by atoms with van der Waals surface area (Å²) < 4.78 is 5.15. The lowest BCUT2D eigenvalue weighted by atomic mass is 10.3. The van der Waals surface area contributed by atoms with Crippen molar-refractivity contribution in [3.63, 3.8) is 0 Å². The van der Waals surface area contributed by atoms with E-state index in [0.29, 0.717) is 5.95 Å². The minimum atomic E-state index is 0.581. The van der Waals surface area contributed by atoms with Crippen LogP contribution < -0.4 is 15.4 Å². The Kier molecular flexibility index (Phi) is 5.55. The molecule has 6 heteroatoms. The summed E-state index contributed by atoms with van der Waals surface area (Å²) in [4.78, 5) is 11.0. The van der Waals surface area contributed by atoms with Crippen LogP contribution in [0.4, 0.5) is 17.5 Å². The summed E-state index contributed by atoms with van der Waals surface area (Å²) in [5.74, 6) is 2.23. The van der Waals surface area contributed by atoms with Crippen LogP contribution in [0.1, 0.15) is 5.69 Å². The van der Waals surface area contributed by atoms with Crippen LogP contribution in [-0.4, -0.2) is 49.2 Å². The van der Waals surface area contributed by atoms with E-state index in [9.17, 15) is 0 Å². The molecular formula is C16H23N5O.